The Bertz CT molecular complexity index is 1110. The van der Waals surface area contributed by atoms with Crippen LogP contribution in [0.5, 0.6) is 0 Å². The van der Waals surface area contributed by atoms with E-state index in [4.69, 9.17) is 14.5 Å². The van der Waals surface area contributed by atoms with Crippen LogP contribution in [-0.4, -0.2) is 34.5 Å². The summed E-state index contributed by atoms with van der Waals surface area (Å²) in [6.07, 6.45) is 0.811. The average Bonchev–Trinajstić information content (AvgIpc) is 3.10. The average molecular weight is 431 g/mol. The zero-order valence-corrected chi connectivity index (χ0v) is 18.1. The van der Waals surface area contributed by atoms with E-state index < -0.39 is 0 Å². The molecule has 0 fully saturated rings. The number of benzene rings is 1. The van der Waals surface area contributed by atoms with E-state index in [1.54, 1.807) is 4.57 Å². The van der Waals surface area contributed by atoms with E-state index >= 15 is 0 Å². The van der Waals surface area contributed by atoms with Gasteiger partial charge in [-0.1, -0.05) is 43.8 Å². The molecule has 4 rings (SSSR count). The van der Waals surface area contributed by atoms with Crippen LogP contribution in [0.3, 0.4) is 0 Å². The van der Waals surface area contributed by atoms with Gasteiger partial charge in [0.1, 0.15) is 4.83 Å². The quantitative estimate of drug-likeness (QED) is 0.348. The number of nitrogens with zero attached hydrogens (tertiary/aromatic N) is 2. The summed E-state index contributed by atoms with van der Waals surface area (Å²) in [6.45, 7) is 4.77. The van der Waals surface area contributed by atoms with Crippen LogP contribution in [0.15, 0.2) is 40.3 Å². The molecule has 152 valence electrons. The van der Waals surface area contributed by atoms with E-state index in [1.807, 2.05) is 30.3 Å². The Hall–Kier alpha value is -2.16. The summed E-state index contributed by atoms with van der Waals surface area (Å²) in [6, 6.07) is 9.41. The first-order valence-corrected chi connectivity index (χ1v) is 11.2. The minimum atomic E-state index is -0.359. The molecule has 0 saturated carbocycles. The largest absolute Gasteiger partial charge is 0.468 e. The lowest BCUT2D eigenvalue weighted by Gasteiger charge is -2.26. The molecule has 3 aromatic rings. The maximum atomic E-state index is 13.6. The monoisotopic (exact) mass is 430 g/mol. The number of methoxy groups -OCH3 is 1. The predicted molar refractivity (Wildman–Crippen MR) is 115 cm³/mol. The molecule has 8 heteroatoms. The van der Waals surface area contributed by atoms with Crippen LogP contribution in [-0.2, 0) is 27.3 Å². The van der Waals surface area contributed by atoms with Crippen molar-refractivity contribution in [3.63, 3.8) is 0 Å². The molecule has 0 spiro atoms. The topological polar surface area (TPSA) is 70.4 Å². The van der Waals surface area contributed by atoms with Crippen LogP contribution in [0.25, 0.3) is 15.9 Å². The third kappa shape index (κ3) is 3.84. The molecule has 1 aliphatic rings. The lowest BCUT2D eigenvalue weighted by Crippen LogP contribution is -2.28. The van der Waals surface area contributed by atoms with Gasteiger partial charge in [0.05, 0.1) is 36.6 Å². The lowest BCUT2D eigenvalue weighted by molar-refractivity contribution is -0.137. The molecule has 1 atom stereocenters. The fourth-order valence-electron chi connectivity index (χ4n) is 3.42. The molecule has 29 heavy (non-hydrogen) atoms. The molecule has 0 bridgehead atoms. The zero-order chi connectivity index (χ0) is 20.5. The second kappa shape index (κ2) is 8.30. The van der Waals surface area contributed by atoms with Crippen molar-refractivity contribution in [1.29, 1.82) is 0 Å². The Labute approximate surface area is 176 Å². The van der Waals surface area contributed by atoms with Crippen molar-refractivity contribution in [3.8, 4) is 5.69 Å². The number of esters is 1. The van der Waals surface area contributed by atoms with Crippen molar-refractivity contribution in [2.24, 2.45) is 5.92 Å². The Morgan fingerprint density at radius 3 is 2.83 bits per heavy atom. The number of carbonyl (C=O) groups is 1. The Morgan fingerprint density at radius 1 is 1.38 bits per heavy atom. The summed E-state index contributed by atoms with van der Waals surface area (Å²) >= 11 is 2.71. The highest BCUT2D eigenvalue weighted by molar-refractivity contribution is 7.99. The first kappa shape index (κ1) is 20.1. The molecule has 2 aromatic heterocycles. The molecule has 0 radical (unpaired) electrons. The number of fused-ring (bicyclic) bond motifs is 3. The fraction of sp³-hybridized carbons (Fsp3) is 0.381. The molecule has 1 aromatic carbocycles. The maximum absolute atomic E-state index is 13.6. The minimum absolute atomic E-state index is 0.0882. The number of hydrogen-bond acceptors (Lipinski definition) is 7. The van der Waals surface area contributed by atoms with Gasteiger partial charge in [0.15, 0.2) is 5.16 Å². The number of thioether (sulfide) groups is 1. The molecule has 0 saturated heterocycles. The summed E-state index contributed by atoms with van der Waals surface area (Å²) in [5.74, 6) is 0.102. The minimum Gasteiger partial charge on any atom is -0.468 e. The molecule has 0 aliphatic carbocycles. The van der Waals surface area contributed by atoms with Crippen LogP contribution in [0.1, 0.15) is 24.3 Å². The number of para-hydroxylation sites is 1. The van der Waals surface area contributed by atoms with E-state index in [-0.39, 0.29) is 23.4 Å². The van der Waals surface area contributed by atoms with Crippen LogP contribution >= 0.6 is 23.1 Å². The number of hydrogen-bond donors (Lipinski definition) is 0. The summed E-state index contributed by atoms with van der Waals surface area (Å²) in [5.41, 5.74) is 1.68. The van der Waals surface area contributed by atoms with E-state index in [1.165, 1.54) is 30.2 Å². The van der Waals surface area contributed by atoms with Gasteiger partial charge in [0.25, 0.3) is 5.56 Å². The van der Waals surface area contributed by atoms with Crippen LogP contribution < -0.4 is 5.56 Å². The van der Waals surface area contributed by atoms with Crippen LogP contribution in [0.2, 0.25) is 0 Å². The van der Waals surface area contributed by atoms with Gasteiger partial charge in [-0.05, 0) is 23.6 Å². The van der Waals surface area contributed by atoms with Gasteiger partial charge >= 0.3 is 5.97 Å². The highest BCUT2D eigenvalue weighted by Crippen LogP contribution is 2.36. The molecule has 0 N–H and O–H groups in total. The maximum Gasteiger partial charge on any atom is 0.316 e. The standard InChI is InChI=1S/C21H22N2O4S2/c1-12(2)15-9-14-16(10-27-15)29-19-18(14)20(25)23(13-7-5-4-6-8-13)21(22-19)28-11-17(24)26-3/h4-8,12,15H,9-11H2,1-3H3/t15-/m0/s1. The van der Waals surface area contributed by atoms with Gasteiger partial charge in [-0.2, -0.15) is 0 Å². The molecular formula is C21H22N2O4S2. The van der Waals surface area contributed by atoms with E-state index in [2.05, 4.69) is 13.8 Å². The number of rotatable bonds is 5. The van der Waals surface area contributed by atoms with E-state index in [9.17, 15) is 9.59 Å². The number of ether oxygens (including phenoxy) is 2. The van der Waals surface area contributed by atoms with Gasteiger partial charge in [-0.15, -0.1) is 11.3 Å². The third-order valence-electron chi connectivity index (χ3n) is 5.02. The highest BCUT2D eigenvalue weighted by atomic mass is 32.2. The number of aromatic nitrogens is 2. The zero-order valence-electron chi connectivity index (χ0n) is 16.5. The Balaban J connectivity index is 1.89. The summed E-state index contributed by atoms with van der Waals surface area (Å²) in [7, 11) is 1.35. The van der Waals surface area contributed by atoms with E-state index in [0.29, 0.717) is 34.3 Å². The first-order chi connectivity index (χ1) is 14.0. The first-order valence-electron chi connectivity index (χ1n) is 9.43. The lowest BCUT2D eigenvalue weighted by atomic mass is 9.96. The Kier molecular flexibility index (Phi) is 5.76. The van der Waals surface area contributed by atoms with Crippen molar-refractivity contribution in [1.82, 2.24) is 9.55 Å². The van der Waals surface area contributed by atoms with Crippen molar-refractivity contribution in [2.75, 3.05) is 12.9 Å². The molecule has 6 nitrogen and oxygen atoms in total. The van der Waals surface area contributed by atoms with Crippen LogP contribution in [0, 0.1) is 5.92 Å². The fourth-order valence-corrected chi connectivity index (χ4v) is 5.43. The third-order valence-corrected chi connectivity index (χ3v) is 7.03. The van der Waals surface area contributed by atoms with E-state index in [0.717, 1.165) is 16.1 Å². The SMILES string of the molecule is COC(=O)CSc1nc2sc3c(c2c(=O)n1-c1ccccc1)C[C@@H](C(C)C)OC3. The summed E-state index contributed by atoms with van der Waals surface area (Å²) in [4.78, 5) is 31.8. The van der Waals surface area contributed by atoms with Crippen LogP contribution in [0.4, 0.5) is 0 Å². The van der Waals surface area contributed by atoms with Crippen molar-refractivity contribution in [2.45, 2.75) is 38.1 Å². The van der Waals surface area contributed by atoms with Crippen molar-refractivity contribution >= 4 is 39.3 Å². The van der Waals surface area contributed by atoms with Gasteiger partial charge in [-0.3, -0.25) is 14.2 Å². The molecule has 3 heterocycles. The second-order valence-corrected chi connectivity index (χ2v) is 9.24. The van der Waals surface area contributed by atoms with Gasteiger partial charge in [0.2, 0.25) is 0 Å². The number of carbonyl (C=O) groups excluding carboxylic acids is 1. The molecule has 1 aliphatic heterocycles. The molecule has 0 amide bonds. The predicted octanol–water partition coefficient (Wildman–Crippen LogP) is 3.81. The summed E-state index contributed by atoms with van der Waals surface area (Å²) < 4.78 is 12.3. The molecule has 0 unspecified atom stereocenters. The van der Waals surface area contributed by atoms with Crippen molar-refractivity contribution < 1.29 is 14.3 Å². The summed E-state index contributed by atoms with van der Waals surface area (Å²) in [5, 5.41) is 1.16. The smallest absolute Gasteiger partial charge is 0.316 e. The van der Waals surface area contributed by atoms with Gasteiger partial charge in [0, 0.05) is 11.3 Å². The van der Waals surface area contributed by atoms with Crippen molar-refractivity contribution in [3.05, 3.63) is 51.1 Å². The second-order valence-electron chi connectivity index (χ2n) is 7.22. The normalized spacial score (nSPS) is 16.2. The van der Waals surface area contributed by atoms with Gasteiger partial charge in [-0.25, -0.2) is 4.98 Å². The number of thiophene rings is 1. The molecular weight excluding hydrogens is 408 g/mol. The van der Waals surface area contributed by atoms with Gasteiger partial charge < -0.3 is 9.47 Å². The highest BCUT2D eigenvalue weighted by Gasteiger charge is 2.28. The Morgan fingerprint density at radius 2 is 2.14 bits per heavy atom.